The first-order valence-electron chi connectivity index (χ1n) is 3.44. The topological polar surface area (TPSA) is 38.3 Å². The largest absolute Gasteiger partial charge is 0.377 e. The van der Waals surface area contributed by atoms with E-state index in [1.165, 1.54) is 0 Å². The molecule has 0 aliphatic carbocycles. The maximum absolute atomic E-state index is 10.7. The highest BCUT2D eigenvalue weighted by atomic mass is 32.1. The minimum Gasteiger partial charge on any atom is -0.377 e. The molecule has 0 aromatic carbocycles. The molecule has 0 aliphatic rings. The van der Waals surface area contributed by atoms with Crippen molar-refractivity contribution in [3.05, 3.63) is 0 Å². The smallest absolute Gasteiger partial charge is 0.229 e. The van der Waals surface area contributed by atoms with Crippen LogP contribution in [0.1, 0.15) is 13.8 Å². The Morgan fingerprint density at radius 2 is 2.18 bits per heavy atom. The molecule has 0 spiro atoms. The Kier molecular flexibility index (Phi) is 4.52. The zero-order chi connectivity index (χ0) is 8.91. The van der Waals surface area contributed by atoms with Gasteiger partial charge in [-0.3, -0.25) is 4.79 Å². The van der Waals surface area contributed by atoms with Crippen LogP contribution in [0.25, 0.3) is 0 Å². The molecule has 1 N–H and O–H groups in total. The van der Waals surface area contributed by atoms with Gasteiger partial charge in [-0.2, -0.15) is 12.6 Å². The first kappa shape index (κ1) is 10.8. The Balaban J connectivity index is 3.61. The number of ether oxygens (including phenoxy) is 1. The number of carbonyl (C=O) groups excluding carboxylic acids is 1. The Morgan fingerprint density at radius 1 is 1.64 bits per heavy atom. The molecule has 4 heteroatoms. The summed E-state index contributed by atoms with van der Waals surface area (Å²) in [6.45, 7) is 4.33. The predicted octanol–water partition coefficient (Wildman–Crippen LogP) is 0.457. The van der Waals surface area contributed by atoms with Crippen molar-refractivity contribution < 1.29 is 9.53 Å². The van der Waals surface area contributed by atoms with Crippen molar-refractivity contribution in [2.24, 2.45) is 0 Å². The van der Waals surface area contributed by atoms with E-state index in [1.807, 2.05) is 13.8 Å². The summed E-state index contributed by atoms with van der Waals surface area (Å²) < 4.78 is 5.09. The molecule has 0 aromatic rings. The van der Waals surface area contributed by atoms with Gasteiger partial charge in [0.2, 0.25) is 5.91 Å². The lowest BCUT2D eigenvalue weighted by Crippen LogP contribution is -2.40. The van der Waals surface area contributed by atoms with E-state index >= 15 is 0 Å². The van der Waals surface area contributed by atoms with E-state index < -0.39 is 0 Å². The van der Waals surface area contributed by atoms with E-state index in [0.29, 0.717) is 6.54 Å². The maximum Gasteiger partial charge on any atom is 0.229 e. The summed E-state index contributed by atoms with van der Waals surface area (Å²) >= 11 is 3.82. The van der Waals surface area contributed by atoms with Crippen molar-refractivity contribution in [3.63, 3.8) is 0 Å². The predicted molar refractivity (Wildman–Crippen MR) is 48.0 cm³/mol. The first-order chi connectivity index (χ1) is 5.02. The summed E-state index contributed by atoms with van der Waals surface area (Å²) in [5.41, 5.74) is -0.293. The van der Waals surface area contributed by atoms with E-state index in [0.717, 1.165) is 0 Å². The van der Waals surface area contributed by atoms with Crippen LogP contribution in [0, 0.1) is 0 Å². The molecule has 0 saturated carbocycles. The van der Waals surface area contributed by atoms with Gasteiger partial charge in [0.1, 0.15) is 0 Å². The molecule has 0 heterocycles. The average molecular weight is 177 g/mol. The number of methoxy groups -OCH3 is 1. The number of hydrogen-bond donors (Lipinski definition) is 2. The molecule has 0 radical (unpaired) electrons. The van der Waals surface area contributed by atoms with Crippen molar-refractivity contribution in [1.82, 2.24) is 5.32 Å². The minimum absolute atomic E-state index is 0.0709. The van der Waals surface area contributed by atoms with Crippen LogP contribution in [0.2, 0.25) is 0 Å². The molecule has 0 rings (SSSR count). The standard InChI is InChI=1S/C7H15NO2S/c1-7(2,10-3)5-8-6(9)4-11/h11H,4-5H2,1-3H3,(H,8,9). The first-order valence-corrected chi connectivity index (χ1v) is 4.08. The molecule has 0 atom stereocenters. The zero-order valence-corrected chi connectivity index (χ0v) is 8.07. The molecule has 0 bridgehead atoms. The monoisotopic (exact) mass is 177 g/mol. The quantitative estimate of drug-likeness (QED) is 0.612. The van der Waals surface area contributed by atoms with Gasteiger partial charge in [0.25, 0.3) is 0 Å². The summed E-state index contributed by atoms with van der Waals surface area (Å²) in [7, 11) is 1.62. The second-order valence-corrected chi connectivity index (χ2v) is 3.21. The average Bonchev–Trinajstić information content (AvgIpc) is 2.00. The molecule has 11 heavy (non-hydrogen) atoms. The third-order valence-corrected chi connectivity index (χ3v) is 1.69. The molecule has 0 unspecified atom stereocenters. The molecule has 0 saturated heterocycles. The minimum atomic E-state index is -0.293. The number of thiol groups is 1. The van der Waals surface area contributed by atoms with Crippen LogP contribution in [-0.2, 0) is 9.53 Å². The molecular weight excluding hydrogens is 162 g/mol. The van der Waals surface area contributed by atoms with Gasteiger partial charge in [0, 0.05) is 13.7 Å². The van der Waals surface area contributed by atoms with E-state index in [1.54, 1.807) is 7.11 Å². The Hall–Kier alpha value is -0.220. The molecule has 3 nitrogen and oxygen atoms in total. The highest BCUT2D eigenvalue weighted by Crippen LogP contribution is 2.04. The van der Waals surface area contributed by atoms with Gasteiger partial charge < -0.3 is 10.1 Å². The molecule has 66 valence electrons. The van der Waals surface area contributed by atoms with E-state index in [9.17, 15) is 4.79 Å². The van der Waals surface area contributed by atoms with Crippen molar-refractivity contribution >= 4 is 18.5 Å². The van der Waals surface area contributed by atoms with Gasteiger partial charge in [0.15, 0.2) is 0 Å². The second-order valence-electron chi connectivity index (χ2n) is 2.90. The van der Waals surface area contributed by atoms with Gasteiger partial charge in [-0.15, -0.1) is 0 Å². The van der Waals surface area contributed by atoms with Crippen LogP contribution in [-0.4, -0.2) is 30.9 Å². The normalized spacial score (nSPS) is 11.3. The lowest BCUT2D eigenvalue weighted by molar-refractivity contribution is -0.119. The Labute approximate surface area is 72.9 Å². The fraction of sp³-hybridized carbons (Fsp3) is 0.857. The number of nitrogens with one attached hydrogen (secondary N) is 1. The van der Waals surface area contributed by atoms with Crippen LogP contribution in [0.15, 0.2) is 0 Å². The highest BCUT2D eigenvalue weighted by Gasteiger charge is 2.16. The molecular formula is C7H15NO2S. The van der Waals surface area contributed by atoms with Gasteiger partial charge in [-0.1, -0.05) is 0 Å². The van der Waals surface area contributed by atoms with Crippen LogP contribution in [0.3, 0.4) is 0 Å². The van der Waals surface area contributed by atoms with Crippen molar-refractivity contribution in [2.75, 3.05) is 19.4 Å². The zero-order valence-electron chi connectivity index (χ0n) is 7.18. The van der Waals surface area contributed by atoms with E-state index in [2.05, 4.69) is 17.9 Å². The van der Waals surface area contributed by atoms with Crippen molar-refractivity contribution in [2.45, 2.75) is 19.4 Å². The fourth-order valence-electron chi connectivity index (χ4n) is 0.440. The number of amides is 1. The molecule has 0 fully saturated rings. The van der Waals surface area contributed by atoms with Crippen molar-refractivity contribution in [1.29, 1.82) is 0 Å². The maximum atomic E-state index is 10.7. The van der Waals surface area contributed by atoms with Gasteiger partial charge >= 0.3 is 0 Å². The summed E-state index contributed by atoms with van der Waals surface area (Å²) in [6.07, 6.45) is 0. The summed E-state index contributed by atoms with van der Waals surface area (Å²) in [5.74, 6) is 0.151. The van der Waals surface area contributed by atoms with Gasteiger partial charge in [-0.05, 0) is 13.8 Å². The van der Waals surface area contributed by atoms with Crippen molar-refractivity contribution in [3.8, 4) is 0 Å². The van der Waals surface area contributed by atoms with Crippen LogP contribution in [0.5, 0.6) is 0 Å². The number of carbonyl (C=O) groups is 1. The summed E-state index contributed by atoms with van der Waals surface area (Å²) in [6, 6.07) is 0. The highest BCUT2D eigenvalue weighted by molar-refractivity contribution is 7.81. The number of rotatable bonds is 4. The third kappa shape index (κ3) is 5.09. The lowest BCUT2D eigenvalue weighted by Gasteiger charge is -2.22. The van der Waals surface area contributed by atoms with Crippen LogP contribution < -0.4 is 5.32 Å². The van der Waals surface area contributed by atoms with Crippen LogP contribution >= 0.6 is 12.6 Å². The third-order valence-electron chi connectivity index (χ3n) is 1.41. The molecule has 1 amide bonds. The van der Waals surface area contributed by atoms with E-state index in [4.69, 9.17) is 4.74 Å². The number of hydrogen-bond acceptors (Lipinski definition) is 3. The summed E-state index contributed by atoms with van der Waals surface area (Å²) in [5, 5.41) is 2.68. The molecule has 0 aliphatic heterocycles. The van der Waals surface area contributed by atoms with Gasteiger partial charge in [-0.25, -0.2) is 0 Å². The fourth-order valence-corrected chi connectivity index (χ4v) is 0.551. The second kappa shape index (κ2) is 4.62. The Bertz CT molecular complexity index is 136. The van der Waals surface area contributed by atoms with Gasteiger partial charge in [0.05, 0.1) is 11.4 Å². The van der Waals surface area contributed by atoms with E-state index in [-0.39, 0.29) is 17.3 Å². The lowest BCUT2D eigenvalue weighted by atomic mass is 10.1. The van der Waals surface area contributed by atoms with Crippen LogP contribution in [0.4, 0.5) is 0 Å². The summed E-state index contributed by atoms with van der Waals surface area (Å²) in [4.78, 5) is 10.7. The SMILES string of the molecule is COC(C)(C)CNC(=O)CS. The Morgan fingerprint density at radius 3 is 2.55 bits per heavy atom. The molecule has 0 aromatic heterocycles.